The lowest BCUT2D eigenvalue weighted by atomic mass is 10.2. The normalized spacial score (nSPS) is 10.5. The van der Waals surface area contributed by atoms with Crippen LogP contribution in [0.2, 0.25) is 0 Å². The maximum atomic E-state index is 14.0. The molecule has 152 valence electrons. The summed E-state index contributed by atoms with van der Waals surface area (Å²) in [5.41, 5.74) is 0.992. The van der Waals surface area contributed by atoms with E-state index in [0.29, 0.717) is 30.3 Å². The van der Waals surface area contributed by atoms with Gasteiger partial charge in [-0.3, -0.25) is 0 Å². The molecule has 0 aliphatic carbocycles. The fourth-order valence-corrected chi connectivity index (χ4v) is 3.01. The van der Waals surface area contributed by atoms with Crippen LogP contribution in [0.5, 0.6) is 11.5 Å². The topological polar surface area (TPSA) is 46.9 Å². The molecule has 29 heavy (non-hydrogen) atoms. The van der Waals surface area contributed by atoms with Crippen LogP contribution < -0.4 is 14.8 Å². The Morgan fingerprint density at radius 2 is 1.83 bits per heavy atom. The lowest BCUT2D eigenvalue weighted by Crippen LogP contribution is -2.34. The van der Waals surface area contributed by atoms with Crippen molar-refractivity contribution in [1.29, 1.82) is 0 Å². The van der Waals surface area contributed by atoms with Gasteiger partial charge in [0.2, 0.25) is 0 Å². The monoisotopic (exact) mass is 418 g/mol. The minimum absolute atomic E-state index is 0.0909. The number of hydrogen-bond acceptors (Lipinski definition) is 4. The summed E-state index contributed by atoms with van der Waals surface area (Å²) in [6.45, 7) is 0.756. The molecule has 1 heterocycles. The molecular formula is C21H20F2N2O3S. The molecule has 0 aliphatic heterocycles. The second-order valence-electron chi connectivity index (χ2n) is 6.18. The largest absolute Gasteiger partial charge is 0.493 e. The smallest absolute Gasteiger partial charge is 0.174 e. The highest BCUT2D eigenvalue weighted by molar-refractivity contribution is 7.80. The van der Waals surface area contributed by atoms with Crippen molar-refractivity contribution in [3.8, 4) is 11.5 Å². The van der Waals surface area contributed by atoms with Gasteiger partial charge in [0.15, 0.2) is 16.6 Å². The van der Waals surface area contributed by atoms with Crippen molar-refractivity contribution in [3.63, 3.8) is 0 Å². The zero-order valence-corrected chi connectivity index (χ0v) is 16.8. The summed E-state index contributed by atoms with van der Waals surface area (Å²) in [6.07, 6.45) is 1.57. The van der Waals surface area contributed by atoms with Crippen LogP contribution >= 0.6 is 12.2 Å². The predicted octanol–water partition coefficient (Wildman–Crippen LogP) is 4.97. The van der Waals surface area contributed by atoms with Gasteiger partial charge in [0.05, 0.1) is 32.7 Å². The molecule has 0 saturated heterocycles. The van der Waals surface area contributed by atoms with E-state index >= 15 is 0 Å². The summed E-state index contributed by atoms with van der Waals surface area (Å²) in [5, 5.41) is 3.10. The minimum Gasteiger partial charge on any atom is -0.493 e. The molecule has 0 unspecified atom stereocenters. The van der Waals surface area contributed by atoms with E-state index in [-0.39, 0.29) is 10.8 Å². The average Bonchev–Trinajstić information content (AvgIpc) is 3.22. The van der Waals surface area contributed by atoms with Gasteiger partial charge in [-0.05, 0) is 54.2 Å². The molecule has 0 saturated carbocycles. The molecule has 0 fully saturated rings. The molecule has 0 bridgehead atoms. The number of ether oxygens (including phenoxy) is 2. The Bertz CT molecular complexity index is 980. The Morgan fingerprint density at radius 3 is 2.48 bits per heavy atom. The van der Waals surface area contributed by atoms with Gasteiger partial charge in [-0.25, -0.2) is 8.78 Å². The standard InChI is InChI=1S/C21H20F2N2O3S/c1-26-19-8-5-14(10-20(19)27-2)12-25(13-16-4-3-9-28-16)21(29)24-18-7-6-15(22)11-17(18)23/h3-11H,12-13H2,1-2H3,(H,24,29). The Balaban J connectivity index is 1.83. The van der Waals surface area contributed by atoms with Crippen molar-refractivity contribution in [2.24, 2.45) is 0 Å². The van der Waals surface area contributed by atoms with Gasteiger partial charge in [-0.15, -0.1) is 0 Å². The van der Waals surface area contributed by atoms with E-state index in [0.717, 1.165) is 11.6 Å². The molecule has 2 aromatic carbocycles. The first-order chi connectivity index (χ1) is 14.0. The van der Waals surface area contributed by atoms with E-state index in [9.17, 15) is 8.78 Å². The van der Waals surface area contributed by atoms with Crippen molar-refractivity contribution in [2.45, 2.75) is 13.1 Å². The number of nitrogens with one attached hydrogen (secondary N) is 1. The van der Waals surface area contributed by atoms with Crippen LogP contribution in [0.1, 0.15) is 11.3 Å². The number of thiocarbonyl (C=S) groups is 1. The van der Waals surface area contributed by atoms with E-state index < -0.39 is 11.6 Å². The average molecular weight is 418 g/mol. The highest BCUT2D eigenvalue weighted by Gasteiger charge is 2.16. The van der Waals surface area contributed by atoms with Gasteiger partial charge in [-0.2, -0.15) is 0 Å². The lowest BCUT2D eigenvalue weighted by molar-refractivity contribution is 0.348. The van der Waals surface area contributed by atoms with Crippen molar-refractivity contribution < 1.29 is 22.7 Å². The van der Waals surface area contributed by atoms with Crippen LogP contribution in [0.4, 0.5) is 14.5 Å². The fraction of sp³-hybridized carbons (Fsp3) is 0.190. The fourth-order valence-electron chi connectivity index (χ4n) is 2.77. The highest BCUT2D eigenvalue weighted by atomic mass is 32.1. The summed E-state index contributed by atoms with van der Waals surface area (Å²) in [5.74, 6) is 0.511. The van der Waals surface area contributed by atoms with Gasteiger partial charge < -0.3 is 24.1 Å². The van der Waals surface area contributed by atoms with E-state index in [1.165, 1.54) is 12.1 Å². The number of furan rings is 1. The van der Waals surface area contributed by atoms with Gasteiger partial charge in [0.1, 0.15) is 17.4 Å². The second-order valence-corrected chi connectivity index (χ2v) is 6.57. The summed E-state index contributed by atoms with van der Waals surface area (Å²) >= 11 is 5.49. The Labute approximate surface area is 172 Å². The second kappa shape index (κ2) is 9.38. The van der Waals surface area contributed by atoms with Crippen LogP contribution in [-0.4, -0.2) is 24.2 Å². The Hall–Kier alpha value is -3.13. The van der Waals surface area contributed by atoms with E-state index in [1.807, 2.05) is 18.2 Å². The molecule has 5 nitrogen and oxygen atoms in total. The van der Waals surface area contributed by atoms with Crippen LogP contribution in [0.3, 0.4) is 0 Å². The number of methoxy groups -OCH3 is 2. The van der Waals surface area contributed by atoms with Crippen LogP contribution in [0.25, 0.3) is 0 Å². The number of benzene rings is 2. The maximum Gasteiger partial charge on any atom is 0.174 e. The number of halogens is 2. The van der Waals surface area contributed by atoms with Gasteiger partial charge >= 0.3 is 0 Å². The molecule has 3 rings (SSSR count). The van der Waals surface area contributed by atoms with Gasteiger partial charge in [0, 0.05) is 12.6 Å². The lowest BCUT2D eigenvalue weighted by Gasteiger charge is -2.25. The highest BCUT2D eigenvalue weighted by Crippen LogP contribution is 2.28. The first kappa shape index (κ1) is 20.6. The molecule has 0 atom stereocenters. The first-order valence-corrected chi connectivity index (χ1v) is 9.15. The van der Waals surface area contributed by atoms with Crippen molar-refractivity contribution in [3.05, 3.63) is 77.8 Å². The van der Waals surface area contributed by atoms with E-state index in [2.05, 4.69) is 5.32 Å². The number of rotatable bonds is 7. The third-order valence-electron chi connectivity index (χ3n) is 4.21. The predicted molar refractivity (Wildman–Crippen MR) is 110 cm³/mol. The summed E-state index contributed by atoms with van der Waals surface area (Å²) in [4.78, 5) is 1.80. The van der Waals surface area contributed by atoms with Crippen LogP contribution in [-0.2, 0) is 13.1 Å². The number of anilines is 1. The van der Waals surface area contributed by atoms with Crippen molar-refractivity contribution in [1.82, 2.24) is 4.90 Å². The summed E-state index contributed by atoms with van der Waals surface area (Å²) in [7, 11) is 3.13. The Morgan fingerprint density at radius 1 is 1.03 bits per heavy atom. The molecule has 0 amide bonds. The van der Waals surface area contributed by atoms with Crippen LogP contribution in [0.15, 0.2) is 59.2 Å². The van der Waals surface area contributed by atoms with E-state index in [4.69, 9.17) is 26.1 Å². The van der Waals surface area contributed by atoms with Crippen molar-refractivity contribution in [2.75, 3.05) is 19.5 Å². The molecule has 3 aromatic rings. The third-order valence-corrected chi connectivity index (χ3v) is 4.57. The first-order valence-electron chi connectivity index (χ1n) is 8.74. The van der Waals surface area contributed by atoms with Crippen LogP contribution in [0, 0.1) is 11.6 Å². The van der Waals surface area contributed by atoms with Gasteiger partial charge in [-0.1, -0.05) is 6.07 Å². The molecule has 1 N–H and O–H groups in total. The maximum absolute atomic E-state index is 14.0. The minimum atomic E-state index is -0.726. The van der Waals surface area contributed by atoms with Gasteiger partial charge in [0.25, 0.3) is 0 Å². The molecular weight excluding hydrogens is 398 g/mol. The molecule has 1 aromatic heterocycles. The SMILES string of the molecule is COc1ccc(CN(Cc2ccco2)C(=S)Nc2ccc(F)cc2F)cc1OC. The Kier molecular flexibility index (Phi) is 6.66. The number of nitrogens with zero attached hydrogens (tertiary/aromatic N) is 1. The van der Waals surface area contributed by atoms with E-state index in [1.54, 1.807) is 37.5 Å². The number of hydrogen-bond donors (Lipinski definition) is 1. The quantitative estimate of drug-likeness (QED) is 0.547. The summed E-state index contributed by atoms with van der Waals surface area (Å²) < 4.78 is 43.2. The zero-order chi connectivity index (χ0) is 20.8. The van der Waals surface area contributed by atoms with Crippen molar-refractivity contribution >= 4 is 23.0 Å². The molecule has 0 aliphatic rings. The molecule has 0 spiro atoms. The molecule has 8 heteroatoms. The molecule has 0 radical (unpaired) electrons. The summed E-state index contributed by atoms with van der Waals surface area (Å²) in [6, 6.07) is 12.4. The third kappa shape index (κ3) is 5.23. The zero-order valence-electron chi connectivity index (χ0n) is 15.9.